The summed E-state index contributed by atoms with van der Waals surface area (Å²) in [7, 11) is 0. The number of hydrogen-bond acceptors (Lipinski definition) is 3. The van der Waals surface area contributed by atoms with E-state index in [1.54, 1.807) is 25.3 Å². The smallest absolute Gasteiger partial charge is 0.234 e. The summed E-state index contributed by atoms with van der Waals surface area (Å²) in [6, 6.07) is 1.64. The zero-order chi connectivity index (χ0) is 15.8. The lowest BCUT2D eigenvalue weighted by molar-refractivity contribution is -0.129. The molecule has 0 saturated carbocycles. The number of carbonyl (C=O) groups is 1. The first-order chi connectivity index (χ1) is 9.81. The van der Waals surface area contributed by atoms with E-state index in [2.05, 4.69) is 25.9 Å². The maximum atomic E-state index is 14.5. The van der Waals surface area contributed by atoms with Crippen molar-refractivity contribution in [2.24, 2.45) is 16.1 Å². The van der Waals surface area contributed by atoms with Gasteiger partial charge in [-0.25, -0.2) is 4.39 Å². The monoisotopic (exact) mass is 485 g/mol. The number of aliphatic imine (C=N–C) groups is 1. The van der Waals surface area contributed by atoms with Crippen LogP contribution in [0.15, 0.2) is 31.4 Å². The van der Waals surface area contributed by atoms with Crippen LogP contribution in [0.5, 0.6) is 0 Å². The average Bonchev–Trinajstić information content (AvgIpc) is 2.38. The lowest BCUT2D eigenvalue weighted by atomic mass is 9.71. The fourth-order valence-corrected chi connectivity index (χ4v) is 4.32. The van der Waals surface area contributed by atoms with E-state index in [9.17, 15) is 9.18 Å². The largest absolute Gasteiger partial charge is 0.369 e. The van der Waals surface area contributed by atoms with E-state index in [1.165, 1.54) is 6.21 Å². The standard InChI is InChI=1S/C13H11BrClFIN3O/c1-6(10-8(15)4-7(14)5-20-10)13(12(18)21)9(17)2-3-19-11(13)16/h2-6,11H,1H3,(H2,18,21). The minimum absolute atomic E-state index is 0.337. The highest BCUT2D eigenvalue weighted by atomic mass is 127. The van der Waals surface area contributed by atoms with Gasteiger partial charge in [-0.15, -0.1) is 0 Å². The van der Waals surface area contributed by atoms with E-state index < -0.39 is 23.5 Å². The predicted molar refractivity (Wildman–Crippen MR) is 92.5 cm³/mol. The van der Waals surface area contributed by atoms with Gasteiger partial charge in [0.15, 0.2) is 0 Å². The molecule has 21 heavy (non-hydrogen) atoms. The van der Waals surface area contributed by atoms with Crippen molar-refractivity contribution < 1.29 is 9.18 Å². The zero-order valence-corrected chi connectivity index (χ0v) is 15.4. The van der Waals surface area contributed by atoms with Gasteiger partial charge in [-0.1, -0.05) is 18.5 Å². The summed E-state index contributed by atoms with van der Waals surface area (Å²) in [5, 5.41) is 0.337. The maximum Gasteiger partial charge on any atom is 0.234 e. The zero-order valence-electron chi connectivity index (χ0n) is 10.9. The Morgan fingerprint density at radius 1 is 1.67 bits per heavy atom. The summed E-state index contributed by atoms with van der Waals surface area (Å²) < 4.78 is 15.7. The molecular weight excluding hydrogens is 475 g/mol. The highest BCUT2D eigenvalue weighted by Gasteiger charge is 2.54. The lowest BCUT2D eigenvalue weighted by Gasteiger charge is -2.38. The molecule has 4 nitrogen and oxygen atoms in total. The number of nitrogens with two attached hydrogens (primary N) is 1. The highest BCUT2D eigenvalue weighted by molar-refractivity contribution is 14.1. The number of pyridine rings is 1. The fourth-order valence-electron chi connectivity index (χ4n) is 2.37. The Kier molecular flexibility index (Phi) is 5.04. The summed E-state index contributed by atoms with van der Waals surface area (Å²) in [5.41, 5.74) is 4.33. The van der Waals surface area contributed by atoms with E-state index >= 15 is 0 Å². The molecule has 2 N–H and O–H groups in total. The molecule has 3 unspecified atom stereocenters. The number of alkyl halides is 1. The van der Waals surface area contributed by atoms with Gasteiger partial charge in [-0.2, -0.15) is 0 Å². The number of carbonyl (C=O) groups excluding carboxylic acids is 1. The Morgan fingerprint density at radius 2 is 2.33 bits per heavy atom. The topological polar surface area (TPSA) is 68.3 Å². The Morgan fingerprint density at radius 3 is 2.86 bits per heavy atom. The van der Waals surface area contributed by atoms with Crippen LogP contribution in [0.3, 0.4) is 0 Å². The quantitative estimate of drug-likeness (QED) is 0.522. The Bertz CT molecular complexity index is 654. The number of nitrogens with zero attached hydrogens (tertiary/aromatic N) is 2. The molecule has 2 heterocycles. The number of primary amides is 1. The van der Waals surface area contributed by atoms with Crippen molar-refractivity contribution in [1.29, 1.82) is 0 Å². The van der Waals surface area contributed by atoms with Crippen molar-refractivity contribution in [1.82, 2.24) is 4.98 Å². The first kappa shape index (κ1) is 16.8. The molecule has 3 atom stereocenters. The molecule has 8 heteroatoms. The number of dihydropyridines is 1. The number of amides is 1. The third-order valence-corrected chi connectivity index (χ3v) is 5.53. The first-order valence-corrected chi connectivity index (χ1v) is 8.21. The summed E-state index contributed by atoms with van der Waals surface area (Å²) >= 11 is 11.3. The number of allylic oxidation sites excluding steroid dienone is 1. The molecule has 1 aliphatic heterocycles. The second kappa shape index (κ2) is 6.29. The number of rotatable bonds is 3. The molecule has 0 fully saturated rings. The Labute approximate surface area is 148 Å². The van der Waals surface area contributed by atoms with Gasteiger partial charge in [0.2, 0.25) is 12.2 Å². The van der Waals surface area contributed by atoms with Gasteiger partial charge in [0.1, 0.15) is 5.41 Å². The minimum Gasteiger partial charge on any atom is -0.369 e. The molecule has 0 aliphatic carbocycles. The number of aromatic nitrogens is 1. The summed E-state index contributed by atoms with van der Waals surface area (Å²) in [4.78, 5) is 20.0. The van der Waals surface area contributed by atoms with E-state index in [0.29, 0.717) is 18.8 Å². The van der Waals surface area contributed by atoms with Crippen molar-refractivity contribution in [2.45, 2.75) is 19.1 Å². The maximum absolute atomic E-state index is 14.5. The average molecular weight is 487 g/mol. The molecule has 112 valence electrons. The van der Waals surface area contributed by atoms with Crippen molar-refractivity contribution in [3.8, 4) is 0 Å². The van der Waals surface area contributed by atoms with Gasteiger partial charge in [-0.05, 0) is 50.7 Å². The van der Waals surface area contributed by atoms with Crippen LogP contribution in [0.2, 0.25) is 5.02 Å². The van der Waals surface area contributed by atoms with Gasteiger partial charge >= 0.3 is 0 Å². The van der Waals surface area contributed by atoms with Gasteiger partial charge in [0, 0.05) is 26.4 Å². The molecule has 0 aromatic carbocycles. The highest BCUT2D eigenvalue weighted by Crippen LogP contribution is 2.50. The number of halogens is 4. The molecule has 1 aromatic rings. The van der Waals surface area contributed by atoms with Gasteiger partial charge in [-0.3, -0.25) is 14.8 Å². The van der Waals surface area contributed by atoms with E-state index in [-0.39, 0.29) is 0 Å². The molecule has 0 radical (unpaired) electrons. The van der Waals surface area contributed by atoms with Crippen molar-refractivity contribution in [3.63, 3.8) is 0 Å². The van der Waals surface area contributed by atoms with Crippen LogP contribution in [0.1, 0.15) is 18.5 Å². The van der Waals surface area contributed by atoms with E-state index in [4.69, 9.17) is 17.3 Å². The summed E-state index contributed by atoms with van der Waals surface area (Å²) in [6.07, 6.45) is 2.67. The Balaban J connectivity index is 2.60. The predicted octanol–water partition coefficient (Wildman–Crippen LogP) is 3.77. The van der Waals surface area contributed by atoms with Crippen molar-refractivity contribution >= 4 is 62.2 Å². The molecule has 2 rings (SSSR count). The van der Waals surface area contributed by atoms with Crippen molar-refractivity contribution in [3.05, 3.63) is 37.1 Å². The molecule has 1 aromatic heterocycles. The van der Waals surface area contributed by atoms with Crippen LogP contribution < -0.4 is 5.73 Å². The fraction of sp³-hybridized carbons (Fsp3) is 0.308. The van der Waals surface area contributed by atoms with Crippen LogP contribution in [0, 0.1) is 5.41 Å². The van der Waals surface area contributed by atoms with Gasteiger partial charge in [0.25, 0.3) is 0 Å². The molecule has 0 saturated heterocycles. The van der Waals surface area contributed by atoms with Gasteiger partial charge in [0.05, 0.1) is 10.7 Å². The van der Waals surface area contributed by atoms with Crippen molar-refractivity contribution in [2.75, 3.05) is 0 Å². The SMILES string of the molecule is CC(c1ncc(Br)cc1Cl)C1(C(N)=O)C(I)=CC=NC1F. The van der Waals surface area contributed by atoms with Crippen LogP contribution in [0.25, 0.3) is 0 Å². The van der Waals surface area contributed by atoms with Gasteiger partial charge < -0.3 is 5.73 Å². The molecule has 0 bridgehead atoms. The normalized spacial score (nSPS) is 26.3. The minimum atomic E-state index is -1.77. The summed E-state index contributed by atoms with van der Waals surface area (Å²) in [5.74, 6) is -1.45. The third-order valence-electron chi connectivity index (χ3n) is 3.55. The van der Waals surface area contributed by atoms with Crippen LogP contribution in [0.4, 0.5) is 4.39 Å². The third kappa shape index (κ3) is 2.75. The number of hydrogen-bond donors (Lipinski definition) is 1. The second-order valence-electron chi connectivity index (χ2n) is 4.62. The van der Waals surface area contributed by atoms with Crippen LogP contribution >= 0.6 is 50.1 Å². The summed E-state index contributed by atoms with van der Waals surface area (Å²) in [6.45, 7) is 1.67. The Hall–Kier alpha value is -0.540. The molecule has 1 amide bonds. The second-order valence-corrected chi connectivity index (χ2v) is 7.11. The van der Waals surface area contributed by atoms with Crippen LogP contribution in [-0.2, 0) is 4.79 Å². The van der Waals surface area contributed by atoms with E-state index in [1.807, 2.05) is 22.6 Å². The molecule has 1 aliphatic rings. The molecular formula is C13H11BrClFIN3O. The first-order valence-electron chi connectivity index (χ1n) is 5.96. The van der Waals surface area contributed by atoms with Crippen LogP contribution in [-0.4, -0.2) is 23.4 Å². The molecule has 0 spiro atoms. The lowest BCUT2D eigenvalue weighted by Crippen LogP contribution is -2.49. The van der Waals surface area contributed by atoms with E-state index in [0.717, 1.165) is 0 Å².